The minimum absolute atomic E-state index is 0. The number of nitro benzene ring substituents is 1. The third kappa shape index (κ3) is 8.64. The maximum atomic E-state index is 12.3. The predicted molar refractivity (Wildman–Crippen MR) is 141 cm³/mol. The molecule has 1 amide bonds. The smallest absolute Gasteiger partial charge is 0.269 e. The van der Waals surface area contributed by atoms with Crippen LogP contribution in [0.1, 0.15) is 43.9 Å². The summed E-state index contributed by atoms with van der Waals surface area (Å²) in [5, 5.41) is 20.4. The van der Waals surface area contributed by atoms with Gasteiger partial charge >= 0.3 is 0 Å². The van der Waals surface area contributed by atoms with E-state index in [1.165, 1.54) is 23.3 Å². The number of fused-ring (bicyclic) bond motifs is 1. The second kappa shape index (κ2) is 12.0. The van der Waals surface area contributed by atoms with Gasteiger partial charge in [-0.3, -0.25) is 14.9 Å². The Morgan fingerprint density at radius 3 is 2.42 bits per heavy atom. The van der Waals surface area contributed by atoms with Crippen molar-refractivity contribution in [2.45, 2.75) is 58.2 Å². The van der Waals surface area contributed by atoms with E-state index in [1.54, 1.807) is 12.1 Å². The van der Waals surface area contributed by atoms with Crippen molar-refractivity contribution in [3.63, 3.8) is 0 Å². The highest BCUT2D eigenvalue weighted by Crippen LogP contribution is 2.21. The first kappa shape index (κ1) is 26.6. The fourth-order valence-corrected chi connectivity index (χ4v) is 3.69. The van der Waals surface area contributed by atoms with Crippen molar-refractivity contribution < 1.29 is 9.72 Å². The van der Waals surface area contributed by atoms with Gasteiger partial charge in [0.05, 0.1) is 18.0 Å². The third-order valence-corrected chi connectivity index (χ3v) is 5.19. The Morgan fingerprint density at radius 2 is 1.79 bits per heavy atom. The number of nitro groups is 1. The van der Waals surface area contributed by atoms with E-state index < -0.39 is 4.92 Å². The van der Waals surface area contributed by atoms with Crippen LogP contribution in [0, 0.1) is 10.1 Å². The van der Waals surface area contributed by atoms with Gasteiger partial charge in [-0.2, -0.15) is 0 Å². The second-order valence-corrected chi connectivity index (χ2v) is 9.09. The van der Waals surface area contributed by atoms with Gasteiger partial charge in [0.2, 0.25) is 5.91 Å². The highest BCUT2D eigenvalue weighted by molar-refractivity contribution is 14.0. The highest BCUT2D eigenvalue weighted by atomic mass is 127. The van der Waals surface area contributed by atoms with Crippen LogP contribution < -0.4 is 16.0 Å². The summed E-state index contributed by atoms with van der Waals surface area (Å²) in [4.78, 5) is 27.3. The van der Waals surface area contributed by atoms with Crippen molar-refractivity contribution >= 4 is 41.5 Å². The van der Waals surface area contributed by atoms with Crippen molar-refractivity contribution in [2.75, 3.05) is 6.54 Å². The summed E-state index contributed by atoms with van der Waals surface area (Å²) in [6.07, 6.45) is 2.86. The minimum Gasteiger partial charge on any atom is -0.353 e. The van der Waals surface area contributed by atoms with E-state index in [1.807, 2.05) is 20.8 Å². The first-order chi connectivity index (χ1) is 15.2. The van der Waals surface area contributed by atoms with Gasteiger partial charge in [-0.25, -0.2) is 4.99 Å². The number of amides is 1. The molecular formula is C24H32IN5O3. The van der Waals surface area contributed by atoms with E-state index in [0.717, 1.165) is 24.8 Å². The van der Waals surface area contributed by atoms with Gasteiger partial charge in [0.25, 0.3) is 5.69 Å². The van der Waals surface area contributed by atoms with Crippen LogP contribution in [0.25, 0.3) is 0 Å². The molecule has 0 aromatic heterocycles. The Balaban J connectivity index is 0.00000385. The Bertz CT molecular complexity index is 986. The lowest BCUT2D eigenvalue weighted by Gasteiger charge is -2.27. The lowest BCUT2D eigenvalue weighted by Crippen LogP contribution is -2.50. The molecule has 0 aliphatic heterocycles. The molecule has 8 nitrogen and oxygen atoms in total. The lowest BCUT2D eigenvalue weighted by atomic mass is 9.88. The van der Waals surface area contributed by atoms with Crippen LogP contribution in [0.4, 0.5) is 5.69 Å². The topological polar surface area (TPSA) is 109 Å². The average molecular weight is 565 g/mol. The fourth-order valence-electron chi connectivity index (χ4n) is 3.69. The van der Waals surface area contributed by atoms with Crippen LogP contribution in [0.2, 0.25) is 0 Å². The van der Waals surface area contributed by atoms with Gasteiger partial charge in [-0.05, 0) is 56.7 Å². The van der Waals surface area contributed by atoms with Crippen LogP contribution in [-0.2, 0) is 24.2 Å². The van der Waals surface area contributed by atoms with E-state index in [9.17, 15) is 14.9 Å². The molecule has 0 radical (unpaired) electrons. The van der Waals surface area contributed by atoms with Crippen LogP contribution in [0.5, 0.6) is 0 Å². The maximum absolute atomic E-state index is 12.3. The molecule has 1 atom stereocenters. The van der Waals surface area contributed by atoms with Crippen LogP contribution in [-0.4, -0.2) is 34.9 Å². The highest BCUT2D eigenvalue weighted by Gasteiger charge is 2.20. The predicted octanol–water partition coefficient (Wildman–Crippen LogP) is 3.72. The largest absolute Gasteiger partial charge is 0.353 e. The first-order valence-electron chi connectivity index (χ1n) is 10.9. The maximum Gasteiger partial charge on any atom is 0.269 e. The zero-order chi connectivity index (χ0) is 23.1. The first-order valence-corrected chi connectivity index (χ1v) is 10.9. The van der Waals surface area contributed by atoms with E-state index in [2.05, 4.69) is 45.2 Å². The molecule has 1 unspecified atom stereocenters. The second-order valence-electron chi connectivity index (χ2n) is 9.09. The van der Waals surface area contributed by atoms with Gasteiger partial charge in [-0.1, -0.05) is 36.4 Å². The number of carbonyl (C=O) groups excluding carboxylic acids is 1. The summed E-state index contributed by atoms with van der Waals surface area (Å²) >= 11 is 0. The normalized spacial score (nSPS) is 15.6. The van der Waals surface area contributed by atoms with Gasteiger partial charge in [0.15, 0.2) is 5.96 Å². The lowest BCUT2D eigenvalue weighted by molar-refractivity contribution is -0.384. The Kier molecular flexibility index (Phi) is 9.63. The number of nitrogens with one attached hydrogen (secondary N) is 3. The quantitative estimate of drug-likeness (QED) is 0.163. The van der Waals surface area contributed by atoms with Crippen molar-refractivity contribution in [3.05, 3.63) is 75.3 Å². The summed E-state index contributed by atoms with van der Waals surface area (Å²) in [5.74, 6) is 0.438. The fraction of sp³-hybridized carbons (Fsp3) is 0.417. The molecule has 0 saturated heterocycles. The van der Waals surface area contributed by atoms with Crippen molar-refractivity contribution in [1.29, 1.82) is 0 Å². The third-order valence-electron chi connectivity index (χ3n) is 5.19. The molecule has 178 valence electrons. The van der Waals surface area contributed by atoms with Crippen LogP contribution in [0.15, 0.2) is 53.5 Å². The van der Waals surface area contributed by atoms with E-state index in [-0.39, 0.29) is 53.7 Å². The summed E-state index contributed by atoms with van der Waals surface area (Å²) in [5.41, 5.74) is 3.30. The molecule has 2 aromatic carbocycles. The zero-order valence-electron chi connectivity index (χ0n) is 19.3. The molecule has 0 spiro atoms. The molecular weight excluding hydrogens is 533 g/mol. The number of benzene rings is 2. The molecule has 3 rings (SSSR count). The molecule has 0 bridgehead atoms. The number of rotatable bonds is 6. The number of carbonyl (C=O) groups is 1. The number of nitrogens with zero attached hydrogens (tertiary/aromatic N) is 2. The SMILES string of the molecule is CC(C)(C)NC(=O)CNC(=NCc1ccc([N+](=O)[O-])cc1)NC1CCc2ccccc2C1.I. The number of halogens is 1. The van der Waals surface area contributed by atoms with Crippen molar-refractivity contribution in [2.24, 2.45) is 4.99 Å². The number of aliphatic imine (C=N–C) groups is 1. The summed E-state index contributed by atoms with van der Waals surface area (Å²) in [6, 6.07) is 15.0. The molecule has 1 aliphatic carbocycles. The number of aryl methyl sites for hydroxylation is 1. The number of non-ortho nitro benzene ring substituents is 1. The Hall–Kier alpha value is -2.69. The minimum atomic E-state index is -0.420. The molecule has 3 N–H and O–H groups in total. The number of hydrogen-bond acceptors (Lipinski definition) is 4. The van der Waals surface area contributed by atoms with Gasteiger partial charge in [0.1, 0.15) is 0 Å². The molecule has 1 aliphatic rings. The summed E-state index contributed by atoms with van der Waals surface area (Å²) in [6.45, 7) is 6.26. The van der Waals surface area contributed by atoms with Crippen molar-refractivity contribution in [3.8, 4) is 0 Å². The van der Waals surface area contributed by atoms with Gasteiger partial charge in [0, 0.05) is 23.7 Å². The molecule has 33 heavy (non-hydrogen) atoms. The van der Waals surface area contributed by atoms with E-state index in [0.29, 0.717) is 12.5 Å². The molecule has 0 heterocycles. The van der Waals surface area contributed by atoms with E-state index in [4.69, 9.17) is 0 Å². The Labute approximate surface area is 211 Å². The van der Waals surface area contributed by atoms with Crippen LogP contribution in [0.3, 0.4) is 0 Å². The standard InChI is InChI=1S/C24H31N5O3.HI/c1-24(2,3)28-22(30)16-26-23(25-15-17-8-12-21(13-9-17)29(31)32)27-20-11-10-18-6-4-5-7-19(18)14-20;/h4-9,12-13,20H,10-11,14-16H2,1-3H3,(H,28,30)(H2,25,26,27);1H. The molecule has 2 aromatic rings. The van der Waals surface area contributed by atoms with Gasteiger partial charge < -0.3 is 16.0 Å². The van der Waals surface area contributed by atoms with E-state index >= 15 is 0 Å². The van der Waals surface area contributed by atoms with Gasteiger partial charge in [-0.15, -0.1) is 24.0 Å². The summed E-state index contributed by atoms with van der Waals surface area (Å²) < 4.78 is 0. The molecule has 9 heteroatoms. The monoisotopic (exact) mass is 565 g/mol. The number of hydrogen-bond donors (Lipinski definition) is 3. The van der Waals surface area contributed by atoms with Crippen LogP contribution >= 0.6 is 24.0 Å². The number of guanidine groups is 1. The van der Waals surface area contributed by atoms with Crippen molar-refractivity contribution in [1.82, 2.24) is 16.0 Å². The Morgan fingerprint density at radius 1 is 1.12 bits per heavy atom. The average Bonchev–Trinajstić information content (AvgIpc) is 2.74. The summed E-state index contributed by atoms with van der Waals surface area (Å²) in [7, 11) is 0. The molecule has 0 saturated carbocycles. The molecule has 0 fully saturated rings. The zero-order valence-corrected chi connectivity index (χ0v) is 21.6.